The number of benzene rings is 1. The van der Waals surface area contributed by atoms with Crippen LogP contribution in [0.25, 0.3) is 22.6 Å². The van der Waals surface area contributed by atoms with Gasteiger partial charge >= 0.3 is 12.1 Å². The monoisotopic (exact) mass is 307 g/mol. The minimum atomic E-state index is -4.41. The van der Waals surface area contributed by atoms with E-state index < -0.39 is 17.7 Å². The van der Waals surface area contributed by atoms with Crippen molar-refractivity contribution >= 4 is 17.1 Å². The van der Waals surface area contributed by atoms with Gasteiger partial charge in [-0.25, -0.2) is 14.8 Å². The predicted octanol–water partition coefficient (Wildman–Crippen LogP) is 3.34. The number of rotatable bonds is 2. The number of nitrogens with one attached hydrogen (secondary N) is 1. The molecule has 0 unspecified atom stereocenters. The van der Waals surface area contributed by atoms with Crippen LogP contribution in [0, 0.1) is 0 Å². The maximum absolute atomic E-state index is 12.5. The fourth-order valence-electron chi connectivity index (χ4n) is 2.04. The van der Waals surface area contributed by atoms with Gasteiger partial charge in [0.1, 0.15) is 5.82 Å². The Morgan fingerprint density at radius 2 is 1.82 bits per heavy atom. The topological polar surface area (TPSA) is 78.9 Å². The normalized spacial score (nSPS) is 11.8. The number of H-pyrrole nitrogens is 1. The Labute approximate surface area is 121 Å². The quantitative estimate of drug-likeness (QED) is 0.761. The van der Waals surface area contributed by atoms with Gasteiger partial charge in [-0.2, -0.15) is 13.2 Å². The number of carbonyl (C=O) groups is 1. The maximum atomic E-state index is 12.5. The second-order valence-electron chi connectivity index (χ2n) is 4.52. The van der Waals surface area contributed by atoms with Crippen molar-refractivity contribution in [1.82, 2.24) is 15.0 Å². The Kier molecular flexibility index (Phi) is 3.09. The predicted molar refractivity (Wildman–Crippen MR) is 71.3 cm³/mol. The number of aromatic carboxylic acids is 1. The van der Waals surface area contributed by atoms with Crippen LogP contribution in [0.3, 0.4) is 0 Å². The smallest absolute Gasteiger partial charge is 0.416 e. The Balaban J connectivity index is 2.07. The zero-order chi connectivity index (χ0) is 15.9. The van der Waals surface area contributed by atoms with E-state index in [-0.39, 0.29) is 22.6 Å². The van der Waals surface area contributed by atoms with E-state index in [0.717, 1.165) is 12.1 Å². The van der Waals surface area contributed by atoms with Crippen molar-refractivity contribution in [2.75, 3.05) is 0 Å². The highest BCUT2D eigenvalue weighted by Gasteiger charge is 2.30. The molecule has 1 aromatic carbocycles. The van der Waals surface area contributed by atoms with Crippen molar-refractivity contribution in [3.05, 3.63) is 47.7 Å². The average Bonchev–Trinajstić information content (AvgIpc) is 2.90. The van der Waals surface area contributed by atoms with Crippen molar-refractivity contribution in [3.8, 4) is 11.4 Å². The first kappa shape index (κ1) is 14.1. The summed E-state index contributed by atoms with van der Waals surface area (Å²) in [7, 11) is 0. The number of aromatic nitrogens is 3. The third kappa shape index (κ3) is 2.39. The molecule has 8 heteroatoms. The number of aromatic amines is 1. The lowest BCUT2D eigenvalue weighted by atomic mass is 10.1. The van der Waals surface area contributed by atoms with E-state index >= 15 is 0 Å². The molecule has 0 aliphatic rings. The zero-order valence-corrected chi connectivity index (χ0v) is 10.8. The molecule has 2 heterocycles. The molecule has 0 atom stereocenters. The van der Waals surface area contributed by atoms with Gasteiger partial charge in [-0.15, -0.1) is 0 Å². The van der Waals surface area contributed by atoms with Crippen LogP contribution in [0.4, 0.5) is 13.2 Å². The first-order valence-corrected chi connectivity index (χ1v) is 6.12. The summed E-state index contributed by atoms with van der Waals surface area (Å²) in [6.07, 6.45) is -3.10. The van der Waals surface area contributed by atoms with Crippen LogP contribution < -0.4 is 0 Å². The van der Waals surface area contributed by atoms with E-state index in [1.807, 2.05) is 0 Å². The van der Waals surface area contributed by atoms with E-state index in [9.17, 15) is 18.0 Å². The highest BCUT2D eigenvalue weighted by atomic mass is 19.4. The van der Waals surface area contributed by atoms with Gasteiger partial charge in [0.25, 0.3) is 0 Å². The number of carboxylic acids is 1. The fourth-order valence-corrected chi connectivity index (χ4v) is 2.04. The van der Waals surface area contributed by atoms with Gasteiger partial charge in [-0.3, -0.25) is 0 Å². The molecule has 0 saturated carbocycles. The number of hydrogen-bond acceptors (Lipinski definition) is 3. The molecule has 0 aliphatic carbocycles. The number of alkyl halides is 3. The van der Waals surface area contributed by atoms with E-state index in [4.69, 9.17) is 5.11 Å². The molecule has 0 amide bonds. The van der Waals surface area contributed by atoms with Crippen molar-refractivity contribution in [2.45, 2.75) is 6.18 Å². The van der Waals surface area contributed by atoms with Crippen molar-refractivity contribution < 1.29 is 23.1 Å². The fraction of sp³-hybridized carbons (Fsp3) is 0.0714. The van der Waals surface area contributed by atoms with Crippen LogP contribution in [0.1, 0.15) is 15.9 Å². The highest BCUT2D eigenvalue weighted by Crippen LogP contribution is 2.30. The molecule has 0 radical (unpaired) electrons. The SMILES string of the molecule is O=C(O)c1ccnc2nc(-c3ccc(C(F)(F)F)cc3)[nH]c12. The summed E-state index contributed by atoms with van der Waals surface area (Å²) >= 11 is 0. The van der Waals surface area contributed by atoms with Crippen molar-refractivity contribution in [2.24, 2.45) is 0 Å². The maximum Gasteiger partial charge on any atom is 0.416 e. The molecular formula is C14H8F3N3O2. The second kappa shape index (κ2) is 4.83. The Morgan fingerprint density at radius 3 is 2.41 bits per heavy atom. The minimum Gasteiger partial charge on any atom is -0.478 e. The molecule has 2 aromatic heterocycles. The average molecular weight is 307 g/mol. The Morgan fingerprint density at radius 1 is 1.14 bits per heavy atom. The Hall–Kier alpha value is -2.90. The molecule has 2 N–H and O–H groups in total. The second-order valence-corrected chi connectivity index (χ2v) is 4.52. The largest absolute Gasteiger partial charge is 0.478 e. The molecule has 0 fully saturated rings. The first-order valence-electron chi connectivity index (χ1n) is 6.12. The summed E-state index contributed by atoms with van der Waals surface area (Å²) in [5, 5.41) is 9.09. The number of pyridine rings is 1. The summed E-state index contributed by atoms with van der Waals surface area (Å²) in [6, 6.07) is 5.73. The minimum absolute atomic E-state index is 0.00402. The number of fused-ring (bicyclic) bond motifs is 1. The first-order chi connectivity index (χ1) is 10.4. The Bertz CT molecular complexity index is 854. The number of halogens is 3. The molecule has 22 heavy (non-hydrogen) atoms. The zero-order valence-electron chi connectivity index (χ0n) is 10.8. The van der Waals surface area contributed by atoms with Crippen LogP contribution in [-0.2, 0) is 6.18 Å². The molecule has 3 rings (SSSR count). The van der Waals surface area contributed by atoms with E-state index in [1.165, 1.54) is 24.4 Å². The van der Waals surface area contributed by atoms with Crippen molar-refractivity contribution in [1.29, 1.82) is 0 Å². The van der Waals surface area contributed by atoms with Crippen LogP contribution >= 0.6 is 0 Å². The summed E-state index contributed by atoms with van der Waals surface area (Å²) in [5.74, 6) is -0.889. The van der Waals surface area contributed by atoms with Gasteiger partial charge in [-0.1, -0.05) is 12.1 Å². The van der Waals surface area contributed by atoms with Gasteiger partial charge in [-0.05, 0) is 18.2 Å². The summed E-state index contributed by atoms with van der Waals surface area (Å²) in [5.41, 5.74) is 0.0504. The highest BCUT2D eigenvalue weighted by molar-refractivity contribution is 6.00. The number of hydrogen-bond donors (Lipinski definition) is 2. The van der Waals surface area contributed by atoms with E-state index in [0.29, 0.717) is 5.56 Å². The third-order valence-electron chi connectivity index (χ3n) is 3.11. The lowest BCUT2D eigenvalue weighted by Gasteiger charge is -2.06. The lowest BCUT2D eigenvalue weighted by molar-refractivity contribution is -0.137. The van der Waals surface area contributed by atoms with Gasteiger partial charge in [0.15, 0.2) is 5.65 Å². The van der Waals surface area contributed by atoms with E-state index in [1.54, 1.807) is 0 Å². The van der Waals surface area contributed by atoms with Gasteiger partial charge < -0.3 is 10.1 Å². The number of carboxylic acid groups (broad SMARTS) is 1. The number of imidazole rings is 1. The molecule has 0 spiro atoms. The lowest BCUT2D eigenvalue weighted by Crippen LogP contribution is -2.04. The molecule has 3 aromatic rings. The summed E-state index contributed by atoms with van der Waals surface area (Å²) in [6.45, 7) is 0. The van der Waals surface area contributed by atoms with Crippen LogP contribution in [-0.4, -0.2) is 26.0 Å². The standard InChI is InChI=1S/C14H8F3N3O2/c15-14(16,17)8-3-1-7(2-4-8)11-19-10-9(13(21)22)5-6-18-12(10)20-11/h1-6H,(H,21,22)(H,18,19,20). The molecular weight excluding hydrogens is 299 g/mol. The molecule has 112 valence electrons. The summed E-state index contributed by atoms with van der Waals surface area (Å²) in [4.78, 5) is 21.9. The number of nitrogens with zero attached hydrogens (tertiary/aromatic N) is 2. The molecule has 0 saturated heterocycles. The molecule has 5 nitrogen and oxygen atoms in total. The van der Waals surface area contributed by atoms with Gasteiger partial charge in [0.2, 0.25) is 0 Å². The van der Waals surface area contributed by atoms with Crippen LogP contribution in [0.2, 0.25) is 0 Å². The summed E-state index contributed by atoms with van der Waals surface area (Å²) < 4.78 is 37.6. The molecule has 0 bridgehead atoms. The van der Waals surface area contributed by atoms with Crippen LogP contribution in [0.15, 0.2) is 36.5 Å². The van der Waals surface area contributed by atoms with Gasteiger partial charge in [0, 0.05) is 11.8 Å². The van der Waals surface area contributed by atoms with Crippen LogP contribution in [0.5, 0.6) is 0 Å². The molecule has 0 aliphatic heterocycles. The van der Waals surface area contributed by atoms with Crippen molar-refractivity contribution in [3.63, 3.8) is 0 Å². The third-order valence-corrected chi connectivity index (χ3v) is 3.11. The van der Waals surface area contributed by atoms with Gasteiger partial charge in [0.05, 0.1) is 16.6 Å². The van der Waals surface area contributed by atoms with E-state index in [2.05, 4.69) is 15.0 Å².